The van der Waals surface area contributed by atoms with Crippen LogP contribution in [0.3, 0.4) is 0 Å². The molecule has 0 atom stereocenters. The smallest absolute Gasteiger partial charge is 0.0107 e. The lowest BCUT2D eigenvalue weighted by atomic mass is 9.69. The van der Waals surface area contributed by atoms with Crippen molar-refractivity contribution in [2.75, 3.05) is 12.3 Å². The second-order valence-corrected chi connectivity index (χ2v) is 6.60. The van der Waals surface area contributed by atoms with E-state index in [0.29, 0.717) is 0 Å². The van der Waals surface area contributed by atoms with Gasteiger partial charge in [0.15, 0.2) is 0 Å². The number of rotatable bonds is 2. The minimum Gasteiger partial charge on any atom is -0.330 e. The fraction of sp³-hybridized carbons (Fsp3) is 0.600. The first kappa shape index (κ1) is 11.6. The van der Waals surface area contributed by atoms with Crippen molar-refractivity contribution in [1.29, 1.82) is 0 Å². The van der Waals surface area contributed by atoms with Crippen LogP contribution in [0.5, 0.6) is 0 Å². The van der Waals surface area contributed by atoms with Gasteiger partial charge < -0.3 is 5.73 Å². The van der Waals surface area contributed by atoms with Crippen LogP contribution in [0.15, 0.2) is 23.1 Å². The molecule has 1 nitrogen and oxygen atoms in total. The zero-order valence-electron chi connectivity index (χ0n) is 10.4. The Morgan fingerprint density at radius 1 is 1.18 bits per heavy atom. The number of fused-ring (bicyclic) bond motifs is 1. The Balaban J connectivity index is 1.96. The lowest BCUT2D eigenvalue weighted by Crippen LogP contribution is -2.37. The molecule has 0 radical (unpaired) electrons. The minimum absolute atomic E-state index is 0.288. The first-order valence-electron chi connectivity index (χ1n) is 6.80. The summed E-state index contributed by atoms with van der Waals surface area (Å²) < 4.78 is 0. The van der Waals surface area contributed by atoms with Crippen LogP contribution in [-0.4, -0.2) is 12.3 Å². The van der Waals surface area contributed by atoms with Gasteiger partial charge in [0.1, 0.15) is 0 Å². The third-order valence-electron chi connectivity index (χ3n) is 4.51. The standard InChI is InChI=1S/C15H21NS/c16-11-15(7-2-1-3-8-15)13-5-4-12-6-9-17-14(12)10-13/h4-5,10H,1-3,6-9,11,16H2. The average molecular weight is 247 g/mol. The highest BCUT2D eigenvalue weighted by Gasteiger charge is 2.33. The summed E-state index contributed by atoms with van der Waals surface area (Å²) in [5.41, 5.74) is 9.45. The maximum absolute atomic E-state index is 6.11. The molecule has 17 heavy (non-hydrogen) atoms. The van der Waals surface area contributed by atoms with Gasteiger partial charge in [-0.25, -0.2) is 0 Å². The Bertz CT molecular complexity index is 407. The van der Waals surface area contributed by atoms with Crippen molar-refractivity contribution in [3.05, 3.63) is 29.3 Å². The Morgan fingerprint density at radius 2 is 2.00 bits per heavy atom. The Morgan fingerprint density at radius 3 is 2.76 bits per heavy atom. The molecule has 2 heteroatoms. The Hall–Kier alpha value is -0.470. The topological polar surface area (TPSA) is 26.0 Å². The van der Waals surface area contributed by atoms with Gasteiger partial charge in [0.2, 0.25) is 0 Å². The zero-order valence-corrected chi connectivity index (χ0v) is 11.2. The molecular formula is C15H21NS. The lowest BCUT2D eigenvalue weighted by molar-refractivity contribution is 0.300. The molecule has 0 unspecified atom stereocenters. The largest absolute Gasteiger partial charge is 0.330 e. The molecule has 0 saturated heterocycles. The van der Waals surface area contributed by atoms with Crippen molar-refractivity contribution in [1.82, 2.24) is 0 Å². The molecule has 0 spiro atoms. The molecule has 1 saturated carbocycles. The molecule has 1 fully saturated rings. The van der Waals surface area contributed by atoms with Crippen molar-refractivity contribution in [2.45, 2.75) is 48.8 Å². The molecule has 1 aromatic rings. The Labute approximate surface area is 108 Å². The summed E-state index contributed by atoms with van der Waals surface area (Å²) in [6, 6.07) is 7.13. The number of thioether (sulfide) groups is 1. The summed E-state index contributed by atoms with van der Waals surface area (Å²) in [4.78, 5) is 1.51. The molecule has 1 aromatic carbocycles. The molecule has 1 aliphatic heterocycles. The molecule has 1 heterocycles. The third-order valence-corrected chi connectivity index (χ3v) is 5.61. The molecule has 92 valence electrons. The monoisotopic (exact) mass is 247 g/mol. The fourth-order valence-electron chi connectivity index (χ4n) is 3.34. The van der Waals surface area contributed by atoms with Crippen molar-refractivity contribution in [3.63, 3.8) is 0 Å². The van der Waals surface area contributed by atoms with Crippen LogP contribution >= 0.6 is 11.8 Å². The van der Waals surface area contributed by atoms with Crippen LogP contribution < -0.4 is 5.73 Å². The van der Waals surface area contributed by atoms with Gasteiger partial charge in [-0.2, -0.15) is 0 Å². The number of nitrogens with two attached hydrogens (primary N) is 1. The zero-order chi connectivity index (χ0) is 11.7. The number of hydrogen-bond donors (Lipinski definition) is 1. The van der Waals surface area contributed by atoms with E-state index in [2.05, 4.69) is 18.2 Å². The van der Waals surface area contributed by atoms with Gasteiger partial charge in [-0.15, -0.1) is 11.8 Å². The van der Waals surface area contributed by atoms with Gasteiger partial charge in [0.05, 0.1) is 0 Å². The number of aryl methyl sites for hydroxylation is 1. The summed E-state index contributed by atoms with van der Waals surface area (Å²) in [6.07, 6.45) is 7.90. The SMILES string of the molecule is NCC1(c2ccc3c(c2)SCC3)CCCCC1. The van der Waals surface area contributed by atoms with Gasteiger partial charge in [-0.1, -0.05) is 31.4 Å². The van der Waals surface area contributed by atoms with E-state index in [1.54, 1.807) is 5.56 Å². The third kappa shape index (κ3) is 2.02. The van der Waals surface area contributed by atoms with E-state index in [4.69, 9.17) is 5.73 Å². The predicted octanol–water partition coefficient (Wildman–Crippen LogP) is 3.50. The van der Waals surface area contributed by atoms with Gasteiger partial charge in [0, 0.05) is 22.6 Å². The minimum atomic E-state index is 0.288. The van der Waals surface area contributed by atoms with E-state index in [9.17, 15) is 0 Å². The summed E-state index contributed by atoms with van der Waals surface area (Å²) in [6.45, 7) is 0.816. The fourth-order valence-corrected chi connectivity index (χ4v) is 4.44. The Kier molecular flexibility index (Phi) is 3.18. The maximum atomic E-state index is 6.11. The first-order chi connectivity index (χ1) is 8.34. The first-order valence-corrected chi connectivity index (χ1v) is 7.79. The van der Waals surface area contributed by atoms with E-state index < -0.39 is 0 Å². The van der Waals surface area contributed by atoms with E-state index in [0.717, 1.165) is 6.54 Å². The van der Waals surface area contributed by atoms with E-state index in [1.807, 2.05) is 11.8 Å². The van der Waals surface area contributed by atoms with Crippen LogP contribution in [0.2, 0.25) is 0 Å². The second-order valence-electron chi connectivity index (χ2n) is 5.47. The van der Waals surface area contributed by atoms with Gasteiger partial charge in [-0.05, 0) is 36.5 Å². The molecule has 0 aromatic heterocycles. The lowest BCUT2D eigenvalue weighted by Gasteiger charge is -2.37. The van der Waals surface area contributed by atoms with Crippen molar-refractivity contribution in [2.24, 2.45) is 5.73 Å². The van der Waals surface area contributed by atoms with Gasteiger partial charge in [0.25, 0.3) is 0 Å². The molecule has 2 aliphatic rings. The summed E-state index contributed by atoms with van der Waals surface area (Å²) in [5, 5.41) is 0. The van der Waals surface area contributed by atoms with E-state index in [1.165, 1.54) is 54.7 Å². The second kappa shape index (κ2) is 4.66. The summed E-state index contributed by atoms with van der Waals surface area (Å²) >= 11 is 2.01. The summed E-state index contributed by atoms with van der Waals surface area (Å²) in [5.74, 6) is 1.26. The average Bonchev–Trinajstić information content (AvgIpc) is 2.86. The van der Waals surface area contributed by atoms with Gasteiger partial charge in [-0.3, -0.25) is 0 Å². The van der Waals surface area contributed by atoms with Crippen LogP contribution in [0.25, 0.3) is 0 Å². The molecule has 0 bridgehead atoms. The van der Waals surface area contributed by atoms with Crippen molar-refractivity contribution >= 4 is 11.8 Å². The van der Waals surface area contributed by atoms with Crippen molar-refractivity contribution < 1.29 is 0 Å². The normalized spacial score (nSPS) is 22.4. The highest BCUT2D eigenvalue weighted by molar-refractivity contribution is 7.99. The van der Waals surface area contributed by atoms with Gasteiger partial charge >= 0.3 is 0 Å². The van der Waals surface area contributed by atoms with Crippen LogP contribution in [0.1, 0.15) is 43.2 Å². The van der Waals surface area contributed by atoms with Crippen LogP contribution in [0, 0.1) is 0 Å². The predicted molar refractivity (Wildman–Crippen MR) is 74.7 cm³/mol. The van der Waals surface area contributed by atoms with Crippen LogP contribution in [-0.2, 0) is 11.8 Å². The molecular weight excluding hydrogens is 226 g/mol. The molecule has 0 amide bonds. The maximum Gasteiger partial charge on any atom is 0.0107 e. The highest BCUT2D eigenvalue weighted by atomic mass is 32.2. The van der Waals surface area contributed by atoms with E-state index >= 15 is 0 Å². The molecule has 2 N–H and O–H groups in total. The molecule has 3 rings (SSSR count). The van der Waals surface area contributed by atoms with Crippen molar-refractivity contribution in [3.8, 4) is 0 Å². The highest BCUT2D eigenvalue weighted by Crippen LogP contribution is 2.41. The van der Waals surface area contributed by atoms with E-state index in [-0.39, 0.29) is 5.41 Å². The van der Waals surface area contributed by atoms with Crippen LogP contribution in [0.4, 0.5) is 0 Å². The quantitative estimate of drug-likeness (QED) is 0.865. The number of benzene rings is 1. The number of hydrogen-bond acceptors (Lipinski definition) is 2. The summed E-state index contributed by atoms with van der Waals surface area (Å²) in [7, 11) is 0. The molecule has 1 aliphatic carbocycles.